The van der Waals surface area contributed by atoms with E-state index in [0.29, 0.717) is 10.7 Å². The molecule has 0 amide bonds. The lowest BCUT2D eigenvalue weighted by Crippen LogP contribution is -1.97. The van der Waals surface area contributed by atoms with Crippen molar-refractivity contribution in [3.63, 3.8) is 0 Å². The molecule has 0 unspecified atom stereocenters. The van der Waals surface area contributed by atoms with Gasteiger partial charge in [0.05, 0.1) is 16.4 Å². The van der Waals surface area contributed by atoms with Crippen LogP contribution in [0.15, 0.2) is 36.4 Å². The molecule has 0 aliphatic rings. The monoisotopic (exact) mass is 362 g/mol. The van der Waals surface area contributed by atoms with Crippen molar-refractivity contribution in [1.82, 2.24) is 0 Å². The largest absolute Gasteiger partial charge is 0.399 e. The van der Waals surface area contributed by atoms with Gasteiger partial charge in [0.2, 0.25) is 0 Å². The van der Waals surface area contributed by atoms with Gasteiger partial charge in [0.25, 0.3) is 0 Å². The molecule has 0 aliphatic carbocycles. The first-order valence-corrected chi connectivity index (χ1v) is 6.29. The summed E-state index contributed by atoms with van der Waals surface area (Å²) in [5.74, 6) is -0.384. The maximum Gasteiger partial charge on any atom is 0.148 e. The molecular weight excluding hydrogens is 354 g/mol. The minimum Gasteiger partial charge on any atom is -0.399 e. The van der Waals surface area contributed by atoms with Gasteiger partial charge in [0.1, 0.15) is 5.82 Å². The lowest BCUT2D eigenvalue weighted by Gasteiger charge is -2.11. The summed E-state index contributed by atoms with van der Waals surface area (Å²) in [5.41, 5.74) is 7.36. The predicted octanol–water partition coefficient (Wildman–Crippen LogP) is 4.41. The van der Waals surface area contributed by atoms with Crippen LogP contribution < -0.4 is 11.1 Å². The van der Waals surface area contributed by atoms with E-state index in [1.807, 2.05) is 0 Å². The summed E-state index contributed by atoms with van der Waals surface area (Å²) in [5, 5.41) is 3.31. The number of nitrogens with one attached hydrogen (secondary N) is 1. The van der Waals surface area contributed by atoms with E-state index in [9.17, 15) is 4.39 Å². The van der Waals surface area contributed by atoms with Crippen molar-refractivity contribution in [3.05, 3.63) is 50.8 Å². The molecule has 0 bridgehead atoms. The Hall–Kier alpha value is -1.01. The Bertz CT molecular complexity index is 540. The molecule has 0 spiro atoms. The van der Waals surface area contributed by atoms with E-state index in [-0.39, 0.29) is 11.5 Å². The van der Waals surface area contributed by atoms with Gasteiger partial charge in [-0.1, -0.05) is 17.7 Å². The van der Waals surface area contributed by atoms with E-state index in [4.69, 9.17) is 17.3 Å². The molecule has 0 aliphatic heterocycles. The number of nitrogen functional groups attached to an aromatic ring is 1. The predicted molar refractivity (Wildman–Crippen MR) is 78.3 cm³/mol. The lowest BCUT2D eigenvalue weighted by atomic mass is 10.2. The summed E-state index contributed by atoms with van der Waals surface area (Å²) < 4.78 is 14.5. The summed E-state index contributed by atoms with van der Waals surface area (Å²) in [7, 11) is 0. The summed E-state index contributed by atoms with van der Waals surface area (Å²) in [4.78, 5) is 0. The SMILES string of the molecule is Nc1ccc(Nc2c(F)cccc2Cl)c(I)c1. The molecule has 88 valence electrons. The molecule has 0 radical (unpaired) electrons. The number of anilines is 3. The van der Waals surface area contributed by atoms with Crippen LogP contribution in [-0.4, -0.2) is 0 Å². The summed E-state index contributed by atoms with van der Waals surface area (Å²) in [6.07, 6.45) is 0. The van der Waals surface area contributed by atoms with E-state index >= 15 is 0 Å². The van der Waals surface area contributed by atoms with E-state index in [2.05, 4.69) is 27.9 Å². The Kier molecular flexibility index (Phi) is 3.73. The third-order valence-electron chi connectivity index (χ3n) is 2.22. The Balaban J connectivity index is 2.38. The second kappa shape index (κ2) is 5.10. The zero-order valence-corrected chi connectivity index (χ0v) is 11.6. The van der Waals surface area contributed by atoms with Crippen molar-refractivity contribution >= 4 is 51.3 Å². The highest BCUT2D eigenvalue weighted by atomic mass is 127. The highest BCUT2D eigenvalue weighted by molar-refractivity contribution is 14.1. The summed E-state index contributed by atoms with van der Waals surface area (Å²) >= 11 is 8.06. The molecule has 0 saturated heterocycles. The molecule has 3 N–H and O–H groups in total. The molecule has 0 fully saturated rings. The third-order valence-corrected chi connectivity index (χ3v) is 3.42. The fraction of sp³-hybridized carbons (Fsp3) is 0. The van der Waals surface area contributed by atoms with Crippen molar-refractivity contribution in [1.29, 1.82) is 0 Å². The van der Waals surface area contributed by atoms with E-state index in [0.717, 1.165) is 9.26 Å². The van der Waals surface area contributed by atoms with Crippen LogP contribution in [0.3, 0.4) is 0 Å². The van der Waals surface area contributed by atoms with E-state index in [1.165, 1.54) is 6.07 Å². The normalized spacial score (nSPS) is 10.3. The molecule has 2 rings (SSSR count). The summed E-state index contributed by atoms with van der Waals surface area (Å²) in [6.45, 7) is 0. The van der Waals surface area contributed by atoms with Crippen LogP contribution in [0.2, 0.25) is 5.02 Å². The molecule has 0 heterocycles. The zero-order valence-electron chi connectivity index (χ0n) is 8.68. The molecule has 2 nitrogen and oxygen atoms in total. The highest BCUT2D eigenvalue weighted by Crippen LogP contribution is 2.30. The molecule has 0 atom stereocenters. The van der Waals surface area contributed by atoms with E-state index < -0.39 is 0 Å². The number of hydrogen-bond donors (Lipinski definition) is 2. The number of benzene rings is 2. The molecule has 5 heteroatoms. The van der Waals surface area contributed by atoms with Crippen molar-refractivity contribution in [2.75, 3.05) is 11.1 Å². The smallest absolute Gasteiger partial charge is 0.148 e. The van der Waals surface area contributed by atoms with Crippen molar-refractivity contribution in [2.45, 2.75) is 0 Å². The van der Waals surface area contributed by atoms with Gasteiger partial charge in [-0.3, -0.25) is 0 Å². The minimum atomic E-state index is -0.384. The highest BCUT2D eigenvalue weighted by Gasteiger charge is 2.08. The van der Waals surface area contributed by atoms with Gasteiger partial charge in [0.15, 0.2) is 0 Å². The van der Waals surface area contributed by atoms with Crippen LogP contribution >= 0.6 is 34.2 Å². The molecule has 2 aromatic rings. The number of hydrogen-bond acceptors (Lipinski definition) is 2. The first-order valence-electron chi connectivity index (χ1n) is 4.84. The van der Waals surface area contributed by atoms with Crippen LogP contribution in [0.1, 0.15) is 0 Å². The average Bonchev–Trinajstić information content (AvgIpc) is 2.26. The summed E-state index contributed by atoms with van der Waals surface area (Å²) in [6, 6.07) is 9.91. The first kappa shape index (κ1) is 12.4. The van der Waals surface area contributed by atoms with Gasteiger partial charge >= 0.3 is 0 Å². The second-order valence-corrected chi connectivity index (χ2v) is 5.03. The van der Waals surface area contributed by atoms with Gasteiger partial charge in [-0.25, -0.2) is 4.39 Å². The van der Waals surface area contributed by atoms with Crippen LogP contribution in [0.25, 0.3) is 0 Å². The maximum absolute atomic E-state index is 13.6. The van der Waals surface area contributed by atoms with Crippen molar-refractivity contribution in [2.24, 2.45) is 0 Å². The zero-order chi connectivity index (χ0) is 12.4. The molecule has 17 heavy (non-hydrogen) atoms. The Morgan fingerprint density at radius 3 is 2.65 bits per heavy atom. The van der Waals surface area contributed by atoms with Crippen molar-refractivity contribution in [3.8, 4) is 0 Å². The van der Waals surface area contributed by atoms with Gasteiger partial charge in [-0.15, -0.1) is 0 Å². The minimum absolute atomic E-state index is 0.275. The van der Waals surface area contributed by atoms with Crippen LogP contribution in [0, 0.1) is 9.39 Å². The Morgan fingerprint density at radius 2 is 2.00 bits per heavy atom. The number of para-hydroxylation sites is 1. The number of halogens is 3. The molecular formula is C12H9ClFIN2. The third kappa shape index (κ3) is 2.81. The molecule has 0 saturated carbocycles. The number of rotatable bonds is 2. The Labute approximate surface area is 117 Å². The molecule has 2 aromatic carbocycles. The van der Waals surface area contributed by atoms with Crippen molar-refractivity contribution < 1.29 is 4.39 Å². The standard InChI is InChI=1S/C12H9ClFIN2/c13-8-2-1-3-9(14)12(8)17-11-5-4-7(16)6-10(11)15/h1-6,17H,16H2. The van der Waals surface area contributed by atoms with Crippen LogP contribution in [0.5, 0.6) is 0 Å². The van der Waals surface area contributed by atoms with Gasteiger partial charge in [0, 0.05) is 9.26 Å². The lowest BCUT2D eigenvalue weighted by molar-refractivity contribution is 0.632. The maximum atomic E-state index is 13.6. The van der Waals surface area contributed by atoms with Crippen LogP contribution in [0.4, 0.5) is 21.5 Å². The van der Waals surface area contributed by atoms with Crippen LogP contribution in [-0.2, 0) is 0 Å². The fourth-order valence-corrected chi connectivity index (χ4v) is 2.27. The second-order valence-electron chi connectivity index (χ2n) is 3.46. The fourth-order valence-electron chi connectivity index (χ4n) is 1.38. The topological polar surface area (TPSA) is 38.0 Å². The van der Waals surface area contributed by atoms with Gasteiger partial charge < -0.3 is 11.1 Å². The number of nitrogens with two attached hydrogens (primary N) is 1. The average molecular weight is 363 g/mol. The quantitative estimate of drug-likeness (QED) is 0.613. The van der Waals surface area contributed by atoms with Gasteiger partial charge in [-0.05, 0) is 52.9 Å². The first-order chi connectivity index (χ1) is 8.08. The van der Waals surface area contributed by atoms with Gasteiger partial charge in [-0.2, -0.15) is 0 Å². The van der Waals surface area contributed by atoms with E-state index in [1.54, 1.807) is 30.3 Å². The molecule has 0 aromatic heterocycles. The Morgan fingerprint density at radius 1 is 1.24 bits per heavy atom.